The van der Waals surface area contributed by atoms with Gasteiger partial charge in [-0.1, -0.05) is 32.0 Å². The van der Waals surface area contributed by atoms with Gasteiger partial charge in [-0.05, 0) is 50.1 Å². The number of nitrogens with one attached hydrogen (secondary N) is 1. The quantitative estimate of drug-likeness (QED) is 0.648. The van der Waals surface area contributed by atoms with Gasteiger partial charge in [-0.15, -0.1) is 0 Å². The van der Waals surface area contributed by atoms with Crippen molar-refractivity contribution in [1.29, 1.82) is 0 Å². The molecule has 0 amide bonds. The number of carbonyl (C=O) groups excluding carboxylic acids is 1. The number of aromatic amines is 1. The maximum atomic E-state index is 12.0. The lowest BCUT2D eigenvalue weighted by Crippen LogP contribution is -2.33. The summed E-state index contributed by atoms with van der Waals surface area (Å²) in [5.74, 6) is 1.29. The van der Waals surface area contributed by atoms with E-state index in [0.717, 1.165) is 27.9 Å². The van der Waals surface area contributed by atoms with E-state index in [1.165, 1.54) is 10.8 Å². The van der Waals surface area contributed by atoms with Gasteiger partial charge >= 0.3 is 0 Å². The Kier molecular flexibility index (Phi) is 3.91. The van der Waals surface area contributed by atoms with Crippen molar-refractivity contribution < 1.29 is 9.53 Å². The molecule has 3 nitrogen and oxygen atoms in total. The summed E-state index contributed by atoms with van der Waals surface area (Å²) in [7, 11) is 0. The maximum absolute atomic E-state index is 12.0. The number of para-hydroxylation sites is 1. The number of ketones is 1. The van der Waals surface area contributed by atoms with Crippen molar-refractivity contribution >= 4 is 33.7 Å². The number of fused-ring (bicyclic) bond motifs is 5. The van der Waals surface area contributed by atoms with Gasteiger partial charge in [0, 0.05) is 34.2 Å². The summed E-state index contributed by atoms with van der Waals surface area (Å²) in [5, 5.41) is 2.46. The topological polar surface area (TPSA) is 42.1 Å². The number of Topliss-reactive ketones (excluding diaryl/α,β-unsaturated/α-hetero) is 1. The minimum Gasteiger partial charge on any atom is -0.482 e. The van der Waals surface area contributed by atoms with E-state index in [1.54, 1.807) is 0 Å². The molecule has 1 aliphatic heterocycles. The Morgan fingerprint density at radius 2 is 2.00 bits per heavy atom. The Bertz CT molecular complexity index is 1040. The van der Waals surface area contributed by atoms with Crippen LogP contribution in [0.4, 0.5) is 0 Å². The SMILES string of the molecule is Cc1cc2c([nH]c3ccccc32)c2c1O[C@@](C)(CCC(=O)C(C)C)C=C2. The van der Waals surface area contributed by atoms with E-state index in [1.807, 2.05) is 19.9 Å². The number of carbonyl (C=O) groups is 1. The number of hydrogen-bond acceptors (Lipinski definition) is 2. The molecule has 134 valence electrons. The second kappa shape index (κ2) is 6.01. The second-order valence-corrected chi connectivity index (χ2v) is 7.90. The molecule has 0 saturated heterocycles. The van der Waals surface area contributed by atoms with Gasteiger partial charge in [0.05, 0.1) is 5.52 Å². The molecular weight excluding hydrogens is 322 g/mol. The van der Waals surface area contributed by atoms with Crippen LogP contribution in [0.2, 0.25) is 0 Å². The van der Waals surface area contributed by atoms with E-state index < -0.39 is 5.60 Å². The summed E-state index contributed by atoms with van der Waals surface area (Å²) in [6.07, 6.45) is 5.50. The highest BCUT2D eigenvalue weighted by Crippen LogP contribution is 2.41. The highest BCUT2D eigenvalue weighted by atomic mass is 16.5. The molecular formula is C23H25NO2. The molecule has 0 spiro atoms. The fourth-order valence-corrected chi connectivity index (χ4v) is 3.75. The number of H-pyrrole nitrogens is 1. The molecule has 4 rings (SSSR count). The molecule has 2 aromatic carbocycles. The number of aromatic nitrogens is 1. The maximum Gasteiger partial charge on any atom is 0.135 e. The fourth-order valence-electron chi connectivity index (χ4n) is 3.75. The van der Waals surface area contributed by atoms with E-state index in [0.29, 0.717) is 12.8 Å². The number of aryl methyl sites for hydroxylation is 1. The van der Waals surface area contributed by atoms with Crippen LogP contribution in [0.5, 0.6) is 5.75 Å². The average molecular weight is 347 g/mol. The predicted molar refractivity (Wildman–Crippen MR) is 108 cm³/mol. The van der Waals surface area contributed by atoms with Crippen LogP contribution in [0.25, 0.3) is 27.9 Å². The van der Waals surface area contributed by atoms with Crippen molar-refractivity contribution in [2.24, 2.45) is 5.92 Å². The first-order valence-electron chi connectivity index (χ1n) is 9.33. The van der Waals surface area contributed by atoms with Crippen molar-refractivity contribution in [3.8, 4) is 5.75 Å². The van der Waals surface area contributed by atoms with Crippen LogP contribution in [0.3, 0.4) is 0 Å². The molecule has 1 aliphatic rings. The number of ether oxygens (including phenoxy) is 1. The molecule has 0 saturated carbocycles. The lowest BCUT2D eigenvalue weighted by molar-refractivity contribution is -0.122. The zero-order valence-electron chi connectivity index (χ0n) is 15.8. The molecule has 0 unspecified atom stereocenters. The van der Waals surface area contributed by atoms with Crippen molar-refractivity contribution in [1.82, 2.24) is 4.98 Å². The first-order valence-corrected chi connectivity index (χ1v) is 9.33. The molecule has 0 radical (unpaired) electrons. The predicted octanol–water partition coefficient (Wildman–Crippen LogP) is 5.80. The Morgan fingerprint density at radius 1 is 1.23 bits per heavy atom. The highest BCUT2D eigenvalue weighted by molar-refractivity contribution is 6.11. The van der Waals surface area contributed by atoms with Crippen LogP contribution in [-0.2, 0) is 4.79 Å². The largest absolute Gasteiger partial charge is 0.482 e. The summed E-state index contributed by atoms with van der Waals surface area (Å²) in [4.78, 5) is 15.6. The number of rotatable bonds is 4. The molecule has 1 aromatic heterocycles. The second-order valence-electron chi connectivity index (χ2n) is 7.90. The summed E-state index contributed by atoms with van der Waals surface area (Å²) >= 11 is 0. The summed E-state index contributed by atoms with van der Waals surface area (Å²) < 4.78 is 6.43. The Morgan fingerprint density at radius 3 is 2.77 bits per heavy atom. The molecule has 0 bridgehead atoms. The number of hydrogen-bond donors (Lipinski definition) is 1. The third-order valence-corrected chi connectivity index (χ3v) is 5.43. The van der Waals surface area contributed by atoms with Gasteiger partial charge in [0.1, 0.15) is 17.1 Å². The zero-order chi connectivity index (χ0) is 18.5. The lowest BCUT2D eigenvalue weighted by atomic mass is 9.90. The number of benzene rings is 2. The van der Waals surface area contributed by atoms with Gasteiger partial charge in [0.25, 0.3) is 0 Å². The molecule has 0 fully saturated rings. The van der Waals surface area contributed by atoms with Gasteiger partial charge in [0.15, 0.2) is 0 Å². The van der Waals surface area contributed by atoms with Crippen LogP contribution >= 0.6 is 0 Å². The van der Waals surface area contributed by atoms with E-state index in [4.69, 9.17) is 4.74 Å². The summed E-state index contributed by atoms with van der Waals surface area (Å²) in [6, 6.07) is 10.6. The molecule has 3 aromatic rings. The van der Waals surface area contributed by atoms with Crippen molar-refractivity contribution in [3.63, 3.8) is 0 Å². The van der Waals surface area contributed by atoms with Crippen molar-refractivity contribution in [3.05, 3.63) is 47.5 Å². The Labute approximate surface area is 154 Å². The Hall–Kier alpha value is -2.55. The molecule has 1 atom stereocenters. The smallest absolute Gasteiger partial charge is 0.135 e. The average Bonchev–Trinajstić information content (AvgIpc) is 2.98. The van der Waals surface area contributed by atoms with E-state index in [2.05, 4.69) is 55.2 Å². The van der Waals surface area contributed by atoms with Crippen LogP contribution in [0.15, 0.2) is 36.4 Å². The standard InChI is InChI=1S/C23H25NO2/c1-14(2)20(25)10-12-23(4)11-9-17-21-18(13-15(3)22(17)26-23)16-7-5-6-8-19(16)24-21/h5-9,11,13-14,24H,10,12H2,1-4H3/t23-/m1/s1. The van der Waals surface area contributed by atoms with E-state index in [-0.39, 0.29) is 11.7 Å². The van der Waals surface area contributed by atoms with Gasteiger partial charge in [-0.25, -0.2) is 0 Å². The molecule has 1 N–H and O–H groups in total. The monoisotopic (exact) mass is 347 g/mol. The highest BCUT2D eigenvalue weighted by Gasteiger charge is 2.30. The van der Waals surface area contributed by atoms with Gasteiger partial charge in [-0.3, -0.25) is 4.79 Å². The summed E-state index contributed by atoms with van der Waals surface area (Å²) in [5.41, 5.74) is 4.04. The van der Waals surface area contributed by atoms with E-state index in [9.17, 15) is 4.79 Å². The molecule has 26 heavy (non-hydrogen) atoms. The van der Waals surface area contributed by atoms with Gasteiger partial charge in [0.2, 0.25) is 0 Å². The normalized spacial score (nSPS) is 19.1. The summed E-state index contributed by atoms with van der Waals surface area (Å²) in [6.45, 7) is 8.07. The lowest BCUT2D eigenvalue weighted by Gasteiger charge is -2.33. The Balaban J connectivity index is 1.75. The van der Waals surface area contributed by atoms with E-state index >= 15 is 0 Å². The van der Waals surface area contributed by atoms with Gasteiger partial charge in [-0.2, -0.15) is 0 Å². The van der Waals surface area contributed by atoms with Gasteiger partial charge < -0.3 is 9.72 Å². The fraction of sp³-hybridized carbons (Fsp3) is 0.348. The zero-order valence-corrected chi connectivity index (χ0v) is 15.8. The first kappa shape index (κ1) is 16.9. The molecule has 0 aliphatic carbocycles. The third kappa shape index (κ3) is 2.72. The van der Waals surface area contributed by atoms with Crippen LogP contribution in [0.1, 0.15) is 44.7 Å². The van der Waals surface area contributed by atoms with Crippen molar-refractivity contribution in [2.45, 2.75) is 46.1 Å². The minimum atomic E-state index is -0.442. The van der Waals surface area contributed by atoms with Crippen LogP contribution < -0.4 is 4.74 Å². The van der Waals surface area contributed by atoms with Crippen molar-refractivity contribution in [2.75, 3.05) is 0 Å². The molecule has 2 heterocycles. The third-order valence-electron chi connectivity index (χ3n) is 5.43. The van der Waals surface area contributed by atoms with Crippen LogP contribution in [-0.4, -0.2) is 16.4 Å². The first-order chi connectivity index (χ1) is 12.4. The van der Waals surface area contributed by atoms with Crippen LogP contribution in [0, 0.1) is 12.8 Å². The molecule has 3 heteroatoms. The minimum absolute atomic E-state index is 0.0752.